The van der Waals surface area contributed by atoms with Gasteiger partial charge in [-0.3, -0.25) is 9.59 Å². The Morgan fingerprint density at radius 3 is 2.39 bits per heavy atom. The standard InChI is InChI=1S/C23H19BrN2O2/c1-14-18(15(2)27)13-21(16-7-5-4-6-8-16)26(14)20-11-10-19-17(23(20)24)9-12-22(28)25(19)3/h4-13H,1-3H3. The highest BCUT2D eigenvalue weighted by Crippen LogP contribution is 2.36. The Morgan fingerprint density at radius 2 is 1.71 bits per heavy atom. The minimum Gasteiger partial charge on any atom is -0.312 e. The number of benzene rings is 2. The summed E-state index contributed by atoms with van der Waals surface area (Å²) in [5, 5.41) is 0.941. The molecule has 0 fully saturated rings. The van der Waals surface area contributed by atoms with Crippen molar-refractivity contribution in [1.29, 1.82) is 0 Å². The van der Waals surface area contributed by atoms with Gasteiger partial charge in [-0.2, -0.15) is 0 Å². The fourth-order valence-corrected chi connectivity index (χ4v) is 4.32. The van der Waals surface area contributed by atoms with Crippen molar-refractivity contribution in [2.24, 2.45) is 7.05 Å². The maximum atomic E-state index is 12.2. The summed E-state index contributed by atoms with van der Waals surface area (Å²) >= 11 is 3.74. The molecule has 28 heavy (non-hydrogen) atoms. The van der Waals surface area contributed by atoms with Gasteiger partial charge in [-0.05, 0) is 59.6 Å². The van der Waals surface area contributed by atoms with Crippen LogP contribution in [0.1, 0.15) is 23.0 Å². The van der Waals surface area contributed by atoms with Crippen LogP contribution in [0.3, 0.4) is 0 Å². The molecule has 0 amide bonds. The number of Topliss-reactive ketones (excluding diaryl/α,β-unsaturated/α-hetero) is 1. The van der Waals surface area contributed by atoms with Gasteiger partial charge in [0.2, 0.25) is 0 Å². The lowest BCUT2D eigenvalue weighted by atomic mass is 10.1. The average Bonchev–Trinajstić information content (AvgIpc) is 3.03. The van der Waals surface area contributed by atoms with Gasteiger partial charge in [0.05, 0.1) is 21.4 Å². The van der Waals surface area contributed by atoms with Crippen molar-refractivity contribution in [2.75, 3.05) is 0 Å². The molecule has 4 nitrogen and oxygen atoms in total. The van der Waals surface area contributed by atoms with Crippen LogP contribution in [0.5, 0.6) is 0 Å². The summed E-state index contributed by atoms with van der Waals surface area (Å²) in [6, 6.07) is 19.3. The molecule has 0 bridgehead atoms. The summed E-state index contributed by atoms with van der Waals surface area (Å²) in [4.78, 5) is 24.2. The topological polar surface area (TPSA) is 44.0 Å². The van der Waals surface area contributed by atoms with Gasteiger partial charge >= 0.3 is 0 Å². The van der Waals surface area contributed by atoms with Gasteiger partial charge in [-0.25, -0.2) is 0 Å². The van der Waals surface area contributed by atoms with E-state index in [9.17, 15) is 9.59 Å². The van der Waals surface area contributed by atoms with E-state index in [0.29, 0.717) is 5.56 Å². The first-order valence-corrected chi connectivity index (χ1v) is 9.76. The molecule has 140 valence electrons. The van der Waals surface area contributed by atoms with E-state index in [-0.39, 0.29) is 11.3 Å². The molecule has 2 heterocycles. The number of carbonyl (C=O) groups excluding carboxylic acids is 1. The molecular formula is C23H19BrN2O2. The summed E-state index contributed by atoms with van der Waals surface area (Å²) in [6.07, 6.45) is 0. The number of carbonyl (C=O) groups is 1. The van der Waals surface area contributed by atoms with E-state index in [2.05, 4.69) is 20.5 Å². The van der Waals surface area contributed by atoms with Crippen molar-refractivity contribution in [3.05, 3.63) is 86.7 Å². The van der Waals surface area contributed by atoms with Crippen LogP contribution in [0.15, 0.2) is 69.9 Å². The molecule has 0 unspecified atom stereocenters. The molecule has 0 saturated heterocycles. The van der Waals surface area contributed by atoms with Crippen molar-refractivity contribution in [1.82, 2.24) is 9.13 Å². The second-order valence-corrected chi connectivity index (χ2v) is 7.64. The SMILES string of the molecule is CC(=O)c1cc(-c2ccccc2)n(-c2ccc3c(ccc(=O)n3C)c2Br)c1C. The number of aromatic nitrogens is 2. The van der Waals surface area contributed by atoms with Gasteiger partial charge in [-0.1, -0.05) is 30.3 Å². The Kier molecular flexibility index (Phi) is 4.55. The Bertz CT molecular complexity index is 1280. The molecule has 2 aromatic heterocycles. The minimum atomic E-state index is -0.0480. The zero-order chi connectivity index (χ0) is 20.0. The van der Waals surface area contributed by atoms with E-state index in [0.717, 1.165) is 38.0 Å². The van der Waals surface area contributed by atoms with Gasteiger partial charge in [0.1, 0.15) is 0 Å². The molecule has 0 atom stereocenters. The predicted octanol–water partition coefficient (Wildman–Crippen LogP) is 5.27. The van der Waals surface area contributed by atoms with Crippen LogP contribution >= 0.6 is 15.9 Å². The molecule has 0 spiro atoms. The van der Waals surface area contributed by atoms with E-state index in [1.807, 2.05) is 61.5 Å². The summed E-state index contributed by atoms with van der Waals surface area (Å²) < 4.78 is 4.61. The molecule has 0 radical (unpaired) electrons. The number of ketones is 1. The number of fused-ring (bicyclic) bond motifs is 1. The number of hydrogen-bond acceptors (Lipinski definition) is 2. The summed E-state index contributed by atoms with van der Waals surface area (Å²) in [5.74, 6) is 0.0349. The van der Waals surface area contributed by atoms with Gasteiger partial charge in [0.25, 0.3) is 5.56 Å². The fourth-order valence-electron chi connectivity index (χ4n) is 3.68. The van der Waals surface area contributed by atoms with E-state index in [4.69, 9.17) is 0 Å². The third-order valence-electron chi connectivity index (χ3n) is 5.16. The zero-order valence-electron chi connectivity index (χ0n) is 15.9. The van der Waals surface area contributed by atoms with Gasteiger partial charge in [0, 0.05) is 29.8 Å². The number of nitrogens with zero attached hydrogens (tertiary/aromatic N) is 2. The van der Waals surface area contributed by atoms with Crippen LogP contribution in [0.4, 0.5) is 0 Å². The number of hydrogen-bond donors (Lipinski definition) is 0. The molecule has 0 aliphatic heterocycles. The molecule has 0 saturated carbocycles. The molecule has 5 heteroatoms. The predicted molar refractivity (Wildman–Crippen MR) is 116 cm³/mol. The van der Waals surface area contributed by atoms with Crippen LogP contribution in [-0.2, 0) is 7.05 Å². The fraction of sp³-hybridized carbons (Fsp3) is 0.130. The third-order valence-corrected chi connectivity index (χ3v) is 5.99. The lowest BCUT2D eigenvalue weighted by Gasteiger charge is -2.16. The highest BCUT2D eigenvalue weighted by Gasteiger charge is 2.20. The minimum absolute atomic E-state index is 0.0349. The van der Waals surface area contributed by atoms with Crippen LogP contribution in [0, 0.1) is 6.92 Å². The first kappa shape index (κ1) is 18.4. The Hall–Kier alpha value is -2.92. The normalized spacial score (nSPS) is 11.1. The number of pyridine rings is 1. The second kappa shape index (κ2) is 6.91. The maximum absolute atomic E-state index is 12.2. The lowest BCUT2D eigenvalue weighted by Crippen LogP contribution is -2.15. The molecule has 4 aromatic rings. The van der Waals surface area contributed by atoms with Crippen molar-refractivity contribution < 1.29 is 4.79 Å². The first-order valence-electron chi connectivity index (χ1n) is 8.97. The molecule has 4 rings (SSSR count). The van der Waals surface area contributed by atoms with Crippen LogP contribution in [-0.4, -0.2) is 14.9 Å². The molecule has 0 aliphatic carbocycles. The van der Waals surface area contributed by atoms with Crippen LogP contribution < -0.4 is 5.56 Å². The summed E-state index contributed by atoms with van der Waals surface area (Å²) in [5.41, 5.74) is 5.30. The quantitative estimate of drug-likeness (QED) is 0.412. The number of aryl methyl sites for hydroxylation is 1. The van der Waals surface area contributed by atoms with Crippen molar-refractivity contribution in [2.45, 2.75) is 13.8 Å². The van der Waals surface area contributed by atoms with Crippen molar-refractivity contribution in [3.63, 3.8) is 0 Å². The summed E-state index contributed by atoms with van der Waals surface area (Å²) in [6.45, 7) is 3.55. The Morgan fingerprint density at radius 1 is 1.00 bits per heavy atom. The zero-order valence-corrected chi connectivity index (χ0v) is 17.4. The third kappa shape index (κ3) is 2.83. The lowest BCUT2D eigenvalue weighted by molar-refractivity contribution is 0.101. The smallest absolute Gasteiger partial charge is 0.250 e. The van der Waals surface area contributed by atoms with Crippen molar-refractivity contribution >= 4 is 32.6 Å². The van der Waals surface area contributed by atoms with E-state index in [1.54, 1.807) is 24.6 Å². The monoisotopic (exact) mass is 434 g/mol. The van der Waals surface area contributed by atoms with E-state index in [1.165, 1.54) is 0 Å². The second-order valence-electron chi connectivity index (χ2n) is 6.85. The van der Waals surface area contributed by atoms with E-state index < -0.39 is 0 Å². The molecule has 0 N–H and O–H groups in total. The first-order chi connectivity index (χ1) is 13.4. The highest BCUT2D eigenvalue weighted by atomic mass is 79.9. The van der Waals surface area contributed by atoms with Gasteiger partial charge in [0.15, 0.2) is 5.78 Å². The number of rotatable bonds is 3. The number of halogens is 1. The van der Waals surface area contributed by atoms with Crippen molar-refractivity contribution in [3.8, 4) is 16.9 Å². The van der Waals surface area contributed by atoms with E-state index >= 15 is 0 Å². The largest absolute Gasteiger partial charge is 0.312 e. The highest BCUT2D eigenvalue weighted by molar-refractivity contribution is 9.10. The molecule has 0 aliphatic rings. The van der Waals surface area contributed by atoms with Gasteiger partial charge < -0.3 is 9.13 Å². The molecular weight excluding hydrogens is 416 g/mol. The van der Waals surface area contributed by atoms with Crippen LogP contribution in [0.25, 0.3) is 27.8 Å². The molecule has 2 aromatic carbocycles. The Labute approximate surface area is 171 Å². The van der Waals surface area contributed by atoms with Gasteiger partial charge in [-0.15, -0.1) is 0 Å². The maximum Gasteiger partial charge on any atom is 0.250 e. The average molecular weight is 435 g/mol. The van der Waals surface area contributed by atoms with Crippen LogP contribution in [0.2, 0.25) is 0 Å². The Balaban J connectivity index is 2.07. The summed E-state index contributed by atoms with van der Waals surface area (Å²) in [7, 11) is 1.76.